The normalized spacial score (nSPS) is 11.5. The molecule has 4 N–H and O–H groups in total. The molecule has 0 bridgehead atoms. The van der Waals surface area contributed by atoms with E-state index in [9.17, 15) is 19.2 Å². The van der Waals surface area contributed by atoms with Crippen molar-refractivity contribution < 1.29 is 33.4 Å². The number of ether oxygens (including phenoxy) is 3. The average molecular weight is 667 g/mol. The molecule has 0 aliphatic heterocycles. The maximum atomic E-state index is 13.4. The van der Waals surface area contributed by atoms with Gasteiger partial charge in [-0.2, -0.15) is 0 Å². The molecule has 49 heavy (non-hydrogen) atoms. The Morgan fingerprint density at radius 1 is 0.755 bits per heavy atom. The smallest absolute Gasteiger partial charge is 0.338 e. The van der Waals surface area contributed by atoms with E-state index in [0.29, 0.717) is 33.9 Å². The molecule has 0 heterocycles. The summed E-state index contributed by atoms with van der Waals surface area (Å²) < 4.78 is 16.2. The lowest BCUT2D eigenvalue weighted by Crippen LogP contribution is -2.33. The van der Waals surface area contributed by atoms with E-state index in [1.165, 1.54) is 38.5 Å². The molecular weight excluding hydrogens is 624 g/mol. The Labute approximate surface area is 286 Å². The summed E-state index contributed by atoms with van der Waals surface area (Å²) in [5, 5.41) is 11.5. The average Bonchev–Trinajstić information content (AvgIpc) is 3.07. The predicted octanol–water partition coefficient (Wildman–Crippen LogP) is 6.79. The van der Waals surface area contributed by atoms with Crippen molar-refractivity contribution in [3.63, 3.8) is 0 Å². The Bertz CT molecular complexity index is 1780. The highest BCUT2D eigenvalue weighted by Crippen LogP contribution is 2.31. The minimum Gasteiger partial charge on any atom is -0.493 e. The summed E-state index contributed by atoms with van der Waals surface area (Å²) in [5.41, 5.74) is 3.68. The number of benzene rings is 4. The van der Waals surface area contributed by atoms with Crippen LogP contribution in [0.25, 0.3) is 0 Å². The summed E-state index contributed by atoms with van der Waals surface area (Å²) in [5.74, 6) is -0.279. The molecular formula is C38H42N4O7. The molecule has 4 amide bonds. The predicted molar refractivity (Wildman–Crippen MR) is 188 cm³/mol. The van der Waals surface area contributed by atoms with Crippen molar-refractivity contribution in [3.05, 3.63) is 119 Å². The second-order valence-electron chi connectivity index (χ2n) is 12.3. The molecule has 4 aromatic rings. The second-order valence-corrected chi connectivity index (χ2v) is 12.3. The number of hydrogen-bond donors (Lipinski definition) is 4. The van der Waals surface area contributed by atoms with Crippen LogP contribution in [0.15, 0.2) is 91.0 Å². The van der Waals surface area contributed by atoms with Gasteiger partial charge in [-0.1, -0.05) is 36.4 Å². The first-order valence-corrected chi connectivity index (χ1v) is 15.7. The quantitative estimate of drug-likeness (QED) is 0.122. The van der Waals surface area contributed by atoms with Gasteiger partial charge >= 0.3 is 12.0 Å². The van der Waals surface area contributed by atoms with E-state index >= 15 is 0 Å². The van der Waals surface area contributed by atoms with E-state index in [2.05, 4.69) is 21.3 Å². The third kappa shape index (κ3) is 10.6. The van der Waals surface area contributed by atoms with Gasteiger partial charge in [0.1, 0.15) is 5.60 Å². The van der Waals surface area contributed by atoms with E-state index in [1.54, 1.807) is 63.2 Å². The summed E-state index contributed by atoms with van der Waals surface area (Å²) in [7, 11) is 3.03. The van der Waals surface area contributed by atoms with Crippen LogP contribution in [0.2, 0.25) is 0 Å². The number of anilines is 2. The van der Waals surface area contributed by atoms with Gasteiger partial charge in [0.05, 0.1) is 32.2 Å². The molecule has 0 aliphatic rings. The van der Waals surface area contributed by atoms with Gasteiger partial charge in [-0.15, -0.1) is 0 Å². The van der Waals surface area contributed by atoms with Crippen LogP contribution in [0.3, 0.4) is 0 Å². The fourth-order valence-electron chi connectivity index (χ4n) is 4.82. The largest absolute Gasteiger partial charge is 0.493 e. The minimum absolute atomic E-state index is 0.0735. The molecule has 0 aromatic heterocycles. The Morgan fingerprint density at radius 2 is 1.41 bits per heavy atom. The highest BCUT2D eigenvalue weighted by Gasteiger charge is 2.22. The van der Waals surface area contributed by atoms with Crippen molar-refractivity contribution in [1.82, 2.24) is 10.6 Å². The number of esters is 1. The molecule has 1 unspecified atom stereocenters. The van der Waals surface area contributed by atoms with Gasteiger partial charge in [-0.3, -0.25) is 9.59 Å². The fourth-order valence-corrected chi connectivity index (χ4v) is 4.82. The molecule has 1 atom stereocenters. The second kappa shape index (κ2) is 16.3. The lowest BCUT2D eigenvalue weighted by Gasteiger charge is -2.21. The van der Waals surface area contributed by atoms with Crippen LogP contribution in [0.5, 0.6) is 11.5 Å². The van der Waals surface area contributed by atoms with E-state index < -0.39 is 23.5 Å². The van der Waals surface area contributed by atoms with E-state index in [1.807, 2.05) is 31.2 Å². The minimum atomic E-state index is -0.726. The Hall–Kier alpha value is -5.84. The number of methoxy groups -OCH3 is 2. The SMILES string of the molecule is COc1ccc(C(CC(=O)NCc2ccc(NC(=O)Nc3ccccc3C)cc2)NC(=O)c2ccc(C(=O)OC(C)(C)C)cc2)cc1OC. The van der Waals surface area contributed by atoms with Crippen LogP contribution in [0.1, 0.15) is 70.6 Å². The third-order valence-electron chi connectivity index (χ3n) is 7.38. The summed E-state index contributed by atoms with van der Waals surface area (Å²) in [4.78, 5) is 51.4. The molecule has 11 heteroatoms. The maximum Gasteiger partial charge on any atom is 0.338 e. The van der Waals surface area contributed by atoms with Crippen molar-refractivity contribution in [3.8, 4) is 11.5 Å². The number of hydrogen-bond acceptors (Lipinski definition) is 7. The van der Waals surface area contributed by atoms with Crippen molar-refractivity contribution >= 4 is 35.2 Å². The summed E-state index contributed by atoms with van der Waals surface area (Å²) in [6.07, 6.45) is -0.0735. The summed E-state index contributed by atoms with van der Waals surface area (Å²) in [6.45, 7) is 7.48. The zero-order valence-corrected chi connectivity index (χ0v) is 28.5. The zero-order valence-electron chi connectivity index (χ0n) is 28.5. The van der Waals surface area contributed by atoms with Crippen molar-refractivity contribution in [2.24, 2.45) is 0 Å². The lowest BCUT2D eigenvalue weighted by atomic mass is 10.0. The highest BCUT2D eigenvalue weighted by molar-refractivity contribution is 6.00. The Balaban J connectivity index is 1.40. The molecule has 4 rings (SSSR count). The van der Waals surface area contributed by atoms with Gasteiger partial charge in [-0.25, -0.2) is 9.59 Å². The molecule has 256 valence electrons. The Kier molecular flexibility index (Phi) is 12.0. The van der Waals surface area contributed by atoms with Gasteiger partial charge in [0, 0.05) is 23.5 Å². The topological polar surface area (TPSA) is 144 Å². The number of nitrogens with one attached hydrogen (secondary N) is 4. The Morgan fingerprint density at radius 3 is 2.04 bits per heavy atom. The first kappa shape index (κ1) is 36.0. The van der Waals surface area contributed by atoms with Gasteiger partial charge < -0.3 is 35.5 Å². The summed E-state index contributed by atoms with van der Waals surface area (Å²) in [6, 6.07) is 24.8. The van der Waals surface area contributed by atoms with Crippen LogP contribution in [-0.4, -0.2) is 43.6 Å². The van der Waals surface area contributed by atoms with Crippen LogP contribution in [0.4, 0.5) is 16.2 Å². The molecule has 0 aliphatic carbocycles. The van der Waals surface area contributed by atoms with Crippen molar-refractivity contribution in [2.75, 3.05) is 24.9 Å². The number of para-hydroxylation sites is 1. The number of urea groups is 1. The molecule has 0 radical (unpaired) electrons. The summed E-state index contributed by atoms with van der Waals surface area (Å²) >= 11 is 0. The molecule has 4 aromatic carbocycles. The van der Waals surface area contributed by atoms with E-state index in [4.69, 9.17) is 14.2 Å². The number of aryl methyl sites for hydroxylation is 1. The highest BCUT2D eigenvalue weighted by atomic mass is 16.6. The van der Waals surface area contributed by atoms with E-state index in [-0.39, 0.29) is 24.9 Å². The van der Waals surface area contributed by atoms with Crippen LogP contribution in [-0.2, 0) is 16.1 Å². The number of amides is 4. The standard InChI is InChI=1S/C38H42N4O7/c1-24-9-7-8-10-30(24)42-37(46)40-29-18-11-25(12-19-29)23-39-34(43)22-31(28-17-20-32(47-5)33(21-28)48-6)41-35(44)26-13-15-27(16-14-26)36(45)49-38(2,3)4/h7-21,31H,22-23H2,1-6H3,(H,39,43)(H,41,44)(H2,40,42,46). The maximum absolute atomic E-state index is 13.4. The number of carbonyl (C=O) groups excluding carboxylic acids is 4. The van der Waals surface area contributed by atoms with Gasteiger partial charge in [-0.05, 0) is 99.0 Å². The molecule has 0 saturated heterocycles. The molecule has 0 saturated carbocycles. The third-order valence-corrected chi connectivity index (χ3v) is 7.38. The monoisotopic (exact) mass is 666 g/mol. The number of carbonyl (C=O) groups is 4. The zero-order chi connectivity index (χ0) is 35.6. The van der Waals surface area contributed by atoms with Crippen LogP contribution < -0.4 is 30.7 Å². The van der Waals surface area contributed by atoms with Crippen molar-refractivity contribution in [2.45, 2.75) is 52.3 Å². The number of rotatable bonds is 12. The van der Waals surface area contributed by atoms with Gasteiger partial charge in [0.25, 0.3) is 5.91 Å². The van der Waals surface area contributed by atoms with Gasteiger partial charge in [0.15, 0.2) is 11.5 Å². The first-order chi connectivity index (χ1) is 23.3. The van der Waals surface area contributed by atoms with Gasteiger partial charge in [0.2, 0.25) is 5.91 Å². The molecule has 11 nitrogen and oxygen atoms in total. The van der Waals surface area contributed by atoms with Crippen molar-refractivity contribution in [1.29, 1.82) is 0 Å². The fraction of sp³-hybridized carbons (Fsp3) is 0.263. The molecule has 0 fully saturated rings. The first-order valence-electron chi connectivity index (χ1n) is 15.7. The van der Waals surface area contributed by atoms with Crippen LogP contribution >= 0.6 is 0 Å². The van der Waals surface area contributed by atoms with E-state index in [0.717, 1.165) is 16.8 Å². The van der Waals surface area contributed by atoms with Crippen LogP contribution in [0, 0.1) is 6.92 Å². The lowest BCUT2D eigenvalue weighted by molar-refractivity contribution is -0.121. The molecule has 0 spiro atoms.